The molecule has 0 radical (unpaired) electrons. The van der Waals surface area contributed by atoms with Gasteiger partial charge in [-0.1, -0.05) is 36.4 Å². The second kappa shape index (κ2) is 7.79. The van der Waals surface area contributed by atoms with Crippen LogP contribution in [0.2, 0.25) is 0 Å². The molecule has 0 atom stereocenters. The van der Waals surface area contributed by atoms with Crippen molar-refractivity contribution in [2.75, 3.05) is 37.6 Å². The number of hydrogen-bond donors (Lipinski definition) is 0. The fourth-order valence-electron chi connectivity index (χ4n) is 3.14. The van der Waals surface area contributed by atoms with Gasteiger partial charge in [0.05, 0.1) is 0 Å². The normalized spacial score (nSPS) is 14.4. The van der Waals surface area contributed by atoms with Gasteiger partial charge in [-0.2, -0.15) is 0 Å². The van der Waals surface area contributed by atoms with E-state index in [0.29, 0.717) is 18.7 Å². The lowest BCUT2D eigenvalue weighted by Crippen LogP contribution is -2.49. The quantitative estimate of drug-likeness (QED) is 0.620. The Morgan fingerprint density at radius 1 is 0.960 bits per heavy atom. The van der Waals surface area contributed by atoms with Crippen LogP contribution in [0.5, 0.6) is 0 Å². The predicted molar refractivity (Wildman–Crippen MR) is 96.6 cm³/mol. The van der Waals surface area contributed by atoms with E-state index in [4.69, 9.17) is 0 Å². The van der Waals surface area contributed by atoms with Crippen LogP contribution in [0.3, 0.4) is 0 Å². The van der Waals surface area contributed by atoms with Gasteiger partial charge in [0.2, 0.25) is 6.54 Å². The lowest BCUT2D eigenvalue weighted by Gasteiger charge is -2.36. The molecule has 0 spiro atoms. The van der Waals surface area contributed by atoms with Crippen LogP contribution in [-0.4, -0.2) is 48.5 Å². The SMILES string of the molecule is O=C(c1ccccc1CC[N+](=O)[O-])N1CCN(c2ccccc2)CC1. The van der Waals surface area contributed by atoms with Crippen LogP contribution in [0.1, 0.15) is 15.9 Å². The number of amides is 1. The maximum absolute atomic E-state index is 12.8. The molecule has 1 heterocycles. The van der Waals surface area contributed by atoms with E-state index in [1.165, 1.54) is 5.69 Å². The monoisotopic (exact) mass is 339 g/mol. The molecular formula is C19H21N3O3. The van der Waals surface area contributed by atoms with E-state index in [2.05, 4.69) is 17.0 Å². The Labute approximate surface area is 146 Å². The van der Waals surface area contributed by atoms with Gasteiger partial charge in [-0.15, -0.1) is 0 Å². The van der Waals surface area contributed by atoms with Gasteiger partial charge in [0.15, 0.2) is 0 Å². The van der Waals surface area contributed by atoms with E-state index in [1.54, 1.807) is 12.1 Å². The zero-order valence-corrected chi connectivity index (χ0v) is 14.0. The molecule has 1 saturated heterocycles. The molecule has 2 aromatic carbocycles. The predicted octanol–water partition coefficient (Wildman–Crippen LogP) is 2.47. The van der Waals surface area contributed by atoms with Crippen molar-refractivity contribution in [2.24, 2.45) is 0 Å². The van der Waals surface area contributed by atoms with Gasteiger partial charge in [-0.3, -0.25) is 14.9 Å². The average Bonchev–Trinajstić information content (AvgIpc) is 2.67. The van der Waals surface area contributed by atoms with Gasteiger partial charge in [0.1, 0.15) is 0 Å². The molecule has 3 rings (SSSR count). The van der Waals surface area contributed by atoms with Gasteiger partial charge in [-0.25, -0.2) is 0 Å². The van der Waals surface area contributed by atoms with E-state index in [0.717, 1.165) is 18.7 Å². The molecule has 0 aliphatic carbocycles. The highest BCUT2D eigenvalue weighted by molar-refractivity contribution is 5.95. The largest absolute Gasteiger partial charge is 0.368 e. The summed E-state index contributed by atoms with van der Waals surface area (Å²) in [6.07, 6.45) is 0.277. The highest BCUT2D eigenvalue weighted by atomic mass is 16.6. The minimum Gasteiger partial charge on any atom is -0.368 e. The first-order valence-electron chi connectivity index (χ1n) is 8.44. The summed E-state index contributed by atoms with van der Waals surface area (Å²) in [5.74, 6) is -0.0355. The molecule has 1 aliphatic rings. The highest BCUT2D eigenvalue weighted by Crippen LogP contribution is 2.18. The van der Waals surface area contributed by atoms with Crippen molar-refractivity contribution < 1.29 is 9.72 Å². The van der Waals surface area contributed by atoms with E-state index in [1.807, 2.05) is 35.2 Å². The Hall–Kier alpha value is -2.89. The van der Waals surface area contributed by atoms with Crippen molar-refractivity contribution in [1.82, 2.24) is 4.90 Å². The van der Waals surface area contributed by atoms with Crippen LogP contribution in [-0.2, 0) is 6.42 Å². The summed E-state index contributed by atoms with van der Waals surface area (Å²) in [5, 5.41) is 10.6. The fourth-order valence-corrected chi connectivity index (χ4v) is 3.14. The molecule has 0 unspecified atom stereocenters. The van der Waals surface area contributed by atoms with Crippen molar-refractivity contribution in [3.63, 3.8) is 0 Å². The fraction of sp³-hybridized carbons (Fsp3) is 0.316. The van der Waals surface area contributed by atoms with Crippen LogP contribution in [0.15, 0.2) is 54.6 Å². The number of carbonyl (C=O) groups excluding carboxylic acids is 1. The summed E-state index contributed by atoms with van der Waals surface area (Å²) in [6, 6.07) is 17.4. The summed E-state index contributed by atoms with van der Waals surface area (Å²) in [6.45, 7) is 2.71. The number of anilines is 1. The number of benzene rings is 2. The average molecular weight is 339 g/mol. The second-order valence-electron chi connectivity index (χ2n) is 6.08. The topological polar surface area (TPSA) is 66.7 Å². The number of nitro groups is 1. The first-order valence-corrected chi connectivity index (χ1v) is 8.44. The lowest BCUT2D eigenvalue weighted by molar-refractivity contribution is -0.479. The van der Waals surface area contributed by atoms with Gasteiger partial charge >= 0.3 is 0 Å². The zero-order valence-electron chi connectivity index (χ0n) is 14.0. The Morgan fingerprint density at radius 3 is 2.28 bits per heavy atom. The molecule has 6 heteroatoms. The van der Waals surface area contributed by atoms with Crippen molar-refractivity contribution in [3.05, 3.63) is 75.8 Å². The molecule has 1 fully saturated rings. The first kappa shape index (κ1) is 17.0. The molecule has 1 aliphatic heterocycles. The van der Waals surface area contributed by atoms with Crippen LogP contribution in [0.25, 0.3) is 0 Å². The summed E-state index contributed by atoms with van der Waals surface area (Å²) >= 11 is 0. The molecule has 1 amide bonds. The molecule has 0 N–H and O–H groups in total. The summed E-state index contributed by atoms with van der Waals surface area (Å²) in [5.41, 5.74) is 2.49. The van der Waals surface area contributed by atoms with Crippen LogP contribution < -0.4 is 4.90 Å². The smallest absolute Gasteiger partial charge is 0.254 e. The van der Waals surface area contributed by atoms with Crippen LogP contribution >= 0.6 is 0 Å². The molecule has 0 saturated carbocycles. The van der Waals surface area contributed by atoms with E-state index < -0.39 is 0 Å². The molecule has 0 bridgehead atoms. The number of rotatable bonds is 5. The second-order valence-corrected chi connectivity index (χ2v) is 6.08. The van der Waals surface area contributed by atoms with E-state index in [-0.39, 0.29) is 23.8 Å². The molecule has 130 valence electrons. The van der Waals surface area contributed by atoms with Crippen molar-refractivity contribution >= 4 is 11.6 Å². The maximum Gasteiger partial charge on any atom is 0.254 e. The standard InChI is InChI=1S/C19H21N3O3/c23-19(18-9-5-4-6-16(18)10-11-22(24)25)21-14-12-20(13-15-21)17-7-2-1-3-8-17/h1-9H,10-15H2. The van der Waals surface area contributed by atoms with Gasteiger partial charge in [0.25, 0.3) is 5.91 Å². The molecule has 2 aromatic rings. The minimum absolute atomic E-state index is 0.0355. The lowest BCUT2D eigenvalue weighted by atomic mass is 10.0. The number of carbonyl (C=O) groups is 1. The third-order valence-electron chi connectivity index (χ3n) is 4.50. The first-order chi connectivity index (χ1) is 12.1. The molecule has 6 nitrogen and oxygen atoms in total. The number of nitrogens with zero attached hydrogens (tertiary/aromatic N) is 3. The Morgan fingerprint density at radius 2 is 1.60 bits per heavy atom. The maximum atomic E-state index is 12.8. The third-order valence-corrected chi connectivity index (χ3v) is 4.50. The van der Waals surface area contributed by atoms with Gasteiger partial charge in [-0.05, 0) is 23.8 Å². The van der Waals surface area contributed by atoms with Crippen molar-refractivity contribution in [3.8, 4) is 0 Å². The van der Waals surface area contributed by atoms with E-state index >= 15 is 0 Å². The Kier molecular flexibility index (Phi) is 5.28. The Bertz CT molecular complexity index is 741. The van der Waals surface area contributed by atoms with E-state index in [9.17, 15) is 14.9 Å². The van der Waals surface area contributed by atoms with Crippen LogP contribution in [0, 0.1) is 10.1 Å². The summed E-state index contributed by atoms with van der Waals surface area (Å²) < 4.78 is 0. The van der Waals surface area contributed by atoms with Crippen LogP contribution in [0.4, 0.5) is 5.69 Å². The summed E-state index contributed by atoms with van der Waals surface area (Å²) in [7, 11) is 0. The van der Waals surface area contributed by atoms with Crippen molar-refractivity contribution in [2.45, 2.75) is 6.42 Å². The molecule has 0 aromatic heterocycles. The van der Waals surface area contributed by atoms with Gasteiger partial charge in [0, 0.05) is 48.8 Å². The number of piperazine rings is 1. The van der Waals surface area contributed by atoms with Crippen molar-refractivity contribution in [1.29, 1.82) is 0 Å². The van der Waals surface area contributed by atoms with Gasteiger partial charge < -0.3 is 9.80 Å². The highest BCUT2D eigenvalue weighted by Gasteiger charge is 2.24. The minimum atomic E-state index is -0.347. The third kappa shape index (κ3) is 4.15. The molecular weight excluding hydrogens is 318 g/mol. The summed E-state index contributed by atoms with van der Waals surface area (Å²) in [4.78, 5) is 27.2. The Balaban J connectivity index is 1.66. The number of para-hydroxylation sites is 1. The molecule has 25 heavy (non-hydrogen) atoms. The zero-order chi connectivity index (χ0) is 17.6. The number of hydrogen-bond acceptors (Lipinski definition) is 4.